The van der Waals surface area contributed by atoms with Crippen molar-refractivity contribution in [3.05, 3.63) is 48.6 Å². The van der Waals surface area contributed by atoms with E-state index in [1.165, 1.54) is 0 Å². The van der Waals surface area contributed by atoms with E-state index in [-0.39, 0.29) is 12.2 Å². The Morgan fingerprint density at radius 3 is 2.74 bits per heavy atom. The molecule has 1 aromatic rings. The van der Waals surface area contributed by atoms with Crippen molar-refractivity contribution in [2.45, 2.75) is 44.9 Å². The molecule has 0 saturated carbocycles. The van der Waals surface area contributed by atoms with E-state index in [1.54, 1.807) is 0 Å². The molecule has 1 aliphatic rings. The zero-order valence-electron chi connectivity index (χ0n) is 11.7. The monoisotopic (exact) mass is 262 g/mol. The van der Waals surface area contributed by atoms with Crippen molar-refractivity contribution in [3.8, 4) is 0 Å². The van der Waals surface area contributed by atoms with Crippen molar-refractivity contribution < 1.29 is 14.2 Å². The summed E-state index contributed by atoms with van der Waals surface area (Å²) in [6.45, 7) is 8.79. The summed E-state index contributed by atoms with van der Waals surface area (Å²) in [5, 5.41) is 0. The van der Waals surface area contributed by atoms with Crippen molar-refractivity contribution >= 4 is 0 Å². The first-order chi connectivity index (χ1) is 9.11. The zero-order chi connectivity index (χ0) is 13.7. The van der Waals surface area contributed by atoms with Crippen LogP contribution in [0, 0.1) is 0 Å². The maximum Gasteiger partial charge on any atom is 0.163 e. The van der Waals surface area contributed by atoms with Gasteiger partial charge in [-0.2, -0.15) is 0 Å². The van der Waals surface area contributed by atoms with Crippen LogP contribution in [0.1, 0.15) is 25.8 Å². The summed E-state index contributed by atoms with van der Waals surface area (Å²) in [4.78, 5) is 0. The molecule has 0 spiro atoms. The van der Waals surface area contributed by atoms with Crippen molar-refractivity contribution in [1.82, 2.24) is 0 Å². The average Bonchev–Trinajstić information content (AvgIpc) is 2.76. The molecular weight excluding hydrogens is 240 g/mol. The summed E-state index contributed by atoms with van der Waals surface area (Å²) < 4.78 is 17.4. The van der Waals surface area contributed by atoms with Crippen LogP contribution < -0.4 is 0 Å². The second-order valence-electron chi connectivity index (χ2n) is 5.23. The smallest absolute Gasteiger partial charge is 0.163 e. The Balaban J connectivity index is 1.91. The second-order valence-corrected chi connectivity index (χ2v) is 5.23. The SMILES string of the molecule is C=CC[C@H](OCc1ccccc1)C1COC(C)(C)O1. The zero-order valence-corrected chi connectivity index (χ0v) is 11.7. The summed E-state index contributed by atoms with van der Waals surface area (Å²) in [6.07, 6.45) is 2.58. The third kappa shape index (κ3) is 4.16. The molecule has 19 heavy (non-hydrogen) atoms. The summed E-state index contributed by atoms with van der Waals surface area (Å²) in [6, 6.07) is 10.1. The Kier molecular flexibility index (Phi) is 4.75. The number of hydrogen-bond acceptors (Lipinski definition) is 3. The molecule has 1 heterocycles. The molecule has 0 N–H and O–H groups in total. The molecule has 1 aliphatic heterocycles. The first kappa shape index (κ1) is 14.3. The topological polar surface area (TPSA) is 27.7 Å². The van der Waals surface area contributed by atoms with Gasteiger partial charge in [-0.3, -0.25) is 0 Å². The Bertz CT molecular complexity index is 400. The van der Waals surface area contributed by atoms with E-state index in [1.807, 2.05) is 38.1 Å². The van der Waals surface area contributed by atoms with E-state index in [4.69, 9.17) is 14.2 Å². The van der Waals surface area contributed by atoms with Crippen molar-refractivity contribution in [3.63, 3.8) is 0 Å². The van der Waals surface area contributed by atoms with E-state index in [2.05, 4.69) is 18.7 Å². The average molecular weight is 262 g/mol. The van der Waals surface area contributed by atoms with Gasteiger partial charge in [-0.1, -0.05) is 36.4 Å². The molecule has 1 unspecified atom stereocenters. The molecule has 0 amide bonds. The highest BCUT2D eigenvalue weighted by molar-refractivity contribution is 5.13. The van der Waals surface area contributed by atoms with Gasteiger partial charge in [0.15, 0.2) is 5.79 Å². The van der Waals surface area contributed by atoms with Gasteiger partial charge in [0.05, 0.1) is 19.3 Å². The summed E-state index contributed by atoms with van der Waals surface area (Å²) in [5.74, 6) is -0.514. The molecule has 104 valence electrons. The lowest BCUT2D eigenvalue weighted by Crippen LogP contribution is -2.32. The summed E-state index contributed by atoms with van der Waals surface area (Å²) in [7, 11) is 0. The highest BCUT2D eigenvalue weighted by Crippen LogP contribution is 2.27. The molecule has 1 aromatic carbocycles. The fourth-order valence-corrected chi connectivity index (χ4v) is 2.17. The lowest BCUT2D eigenvalue weighted by molar-refractivity contribution is -0.157. The van der Waals surface area contributed by atoms with Crippen molar-refractivity contribution in [2.75, 3.05) is 6.61 Å². The van der Waals surface area contributed by atoms with Crippen LogP contribution in [-0.4, -0.2) is 24.6 Å². The largest absolute Gasteiger partial charge is 0.370 e. The predicted molar refractivity (Wildman–Crippen MR) is 74.7 cm³/mol. The van der Waals surface area contributed by atoms with Crippen LogP contribution in [0.2, 0.25) is 0 Å². The molecule has 0 radical (unpaired) electrons. The van der Waals surface area contributed by atoms with Crippen LogP contribution >= 0.6 is 0 Å². The van der Waals surface area contributed by atoms with E-state index in [0.717, 1.165) is 12.0 Å². The quantitative estimate of drug-likeness (QED) is 0.736. The van der Waals surface area contributed by atoms with E-state index in [0.29, 0.717) is 13.2 Å². The Morgan fingerprint density at radius 2 is 2.16 bits per heavy atom. The molecule has 1 saturated heterocycles. The van der Waals surface area contributed by atoms with Crippen LogP contribution in [-0.2, 0) is 20.8 Å². The van der Waals surface area contributed by atoms with Gasteiger partial charge in [0.25, 0.3) is 0 Å². The molecule has 1 fully saturated rings. The third-order valence-corrected chi connectivity index (χ3v) is 3.15. The minimum atomic E-state index is -0.514. The molecule has 2 rings (SSSR count). The standard InChI is InChI=1S/C16H22O3/c1-4-8-14(15-12-18-16(2,3)19-15)17-11-13-9-6-5-7-10-13/h4-7,9-10,14-15H,1,8,11-12H2,2-3H3/t14-,15?/m0/s1. The summed E-state index contributed by atoms with van der Waals surface area (Å²) in [5.41, 5.74) is 1.16. The van der Waals surface area contributed by atoms with Gasteiger partial charge < -0.3 is 14.2 Å². The fourth-order valence-electron chi connectivity index (χ4n) is 2.17. The molecule has 0 aliphatic carbocycles. The van der Waals surface area contributed by atoms with Gasteiger partial charge in [-0.25, -0.2) is 0 Å². The molecular formula is C16H22O3. The highest BCUT2D eigenvalue weighted by atomic mass is 16.7. The first-order valence-corrected chi connectivity index (χ1v) is 6.69. The third-order valence-electron chi connectivity index (χ3n) is 3.15. The molecule has 3 nitrogen and oxygen atoms in total. The normalized spacial score (nSPS) is 23.2. The van der Waals surface area contributed by atoms with Crippen LogP contribution in [0.4, 0.5) is 0 Å². The first-order valence-electron chi connectivity index (χ1n) is 6.69. The van der Waals surface area contributed by atoms with Crippen LogP contribution in [0.25, 0.3) is 0 Å². The summed E-state index contributed by atoms with van der Waals surface area (Å²) >= 11 is 0. The predicted octanol–water partition coefficient (Wildman–Crippen LogP) is 3.30. The van der Waals surface area contributed by atoms with Crippen molar-refractivity contribution in [2.24, 2.45) is 0 Å². The van der Waals surface area contributed by atoms with E-state index < -0.39 is 5.79 Å². The van der Waals surface area contributed by atoms with Gasteiger partial charge in [-0.05, 0) is 25.8 Å². The van der Waals surface area contributed by atoms with Gasteiger partial charge in [0, 0.05) is 0 Å². The Labute approximate surface area is 115 Å². The van der Waals surface area contributed by atoms with Crippen LogP contribution in [0.15, 0.2) is 43.0 Å². The Hall–Kier alpha value is -1.16. The van der Waals surface area contributed by atoms with Crippen LogP contribution in [0.5, 0.6) is 0 Å². The maximum atomic E-state index is 5.97. The van der Waals surface area contributed by atoms with Gasteiger partial charge >= 0.3 is 0 Å². The number of benzene rings is 1. The van der Waals surface area contributed by atoms with E-state index in [9.17, 15) is 0 Å². The van der Waals surface area contributed by atoms with Gasteiger partial charge in [0.1, 0.15) is 6.10 Å². The minimum absolute atomic E-state index is 0.0144. The fraction of sp³-hybridized carbons (Fsp3) is 0.500. The molecule has 2 atom stereocenters. The van der Waals surface area contributed by atoms with E-state index >= 15 is 0 Å². The number of ether oxygens (including phenoxy) is 3. The van der Waals surface area contributed by atoms with Gasteiger partial charge in [0.2, 0.25) is 0 Å². The molecule has 0 bridgehead atoms. The number of rotatable bonds is 6. The Morgan fingerprint density at radius 1 is 1.42 bits per heavy atom. The lowest BCUT2D eigenvalue weighted by Gasteiger charge is -2.23. The minimum Gasteiger partial charge on any atom is -0.370 e. The van der Waals surface area contributed by atoms with Gasteiger partial charge in [-0.15, -0.1) is 6.58 Å². The second kappa shape index (κ2) is 6.33. The number of hydrogen-bond donors (Lipinski definition) is 0. The highest BCUT2D eigenvalue weighted by Gasteiger charge is 2.37. The maximum absolute atomic E-state index is 5.97. The van der Waals surface area contributed by atoms with Crippen LogP contribution in [0.3, 0.4) is 0 Å². The molecule has 0 aromatic heterocycles. The van der Waals surface area contributed by atoms with Crippen molar-refractivity contribution in [1.29, 1.82) is 0 Å². The lowest BCUT2D eigenvalue weighted by atomic mass is 10.1. The molecule has 3 heteroatoms.